The first-order valence-electron chi connectivity index (χ1n) is 15.4. The van der Waals surface area contributed by atoms with Gasteiger partial charge in [0.25, 0.3) is 0 Å². The lowest BCUT2D eigenvalue weighted by molar-refractivity contribution is -0.124. The minimum Gasteiger partial charge on any atom is -0.349 e. The fourth-order valence-electron chi connectivity index (χ4n) is 5.77. The Balaban J connectivity index is 1.32. The molecule has 1 amide bonds. The van der Waals surface area contributed by atoms with Gasteiger partial charge in [0, 0.05) is 30.9 Å². The Morgan fingerprint density at radius 3 is 2.40 bits per heavy atom. The molecule has 0 aliphatic carbocycles. The Labute approximate surface area is 264 Å². The van der Waals surface area contributed by atoms with Gasteiger partial charge < -0.3 is 27.1 Å². The number of ketones is 1. The van der Waals surface area contributed by atoms with Crippen LogP contribution in [0.5, 0.6) is 0 Å². The van der Waals surface area contributed by atoms with Gasteiger partial charge in [0.15, 0.2) is 5.78 Å². The topological polar surface area (TPSA) is 139 Å². The largest absolute Gasteiger partial charge is 0.349 e. The van der Waals surface area contributed by atoms with Crippen molar-refractivity contribution < 1.29 is 9.59 Å². The van der Waals surface area contributed by atoms with Gasteiger partial charge in [0.1, 0.15) is 11.7 Å². The number of amides is 1. The first-order valence-corrected chi connectivity index (χ1v) is 15.4. The second-order valence-corrected chi connectivity index (χ2v) is 11.9. The van der Waals surface area contributed by atoms with Crippen molar-refractivity contribution in [1.29, 1.82) is 0 Å². The Morgan fingerprint density at radius 2 is 1.64 bits per heavy atom. The molecule has 232 valence electrons. The van der Waals surface area contributed by atoms with E-state index in [-0.39, 0.29) is 24.2 Å². The first kappa shape index (κ1) is 31.8. The number of Topliss-reactive ketones (excluding diaryl/α,β-unsaturated/α-hetero) is 1. The molecule has 7 N–H and O–H groups in total. The predicted octanol–water partition coefficient (Wildman–Crippen LogP) is 5.47. The van der Waals surface area contributed by atoms with Crippen molar-refractivity contribution in [2.24, 2.45) is 17.4 Å². The molecule has 8 heteroatoms. The molecule has 1 aromatic heterocycles. The molecule has 0 radical (unpaired) electrons. The lowest BCUT2D eigenvalue weighted by Crippen LogP contribution is -2.52. The van der Waals surface area contributed by atoms with Gasteiger partial charge in [-0.25, -0.2) is 4.98 Å². The van der Waals surface area contributed by atoms with Crippen molar-refractivity contribution in [2.45, 2.75) is 57.9 Å². The summed E-state index contributed by atoms with van der Waals surface area (Å²) in [5, 5.41) is 8.62. The maximum absolute atomic E-state index is 14.0. The molecular weight excluding hydrogens is 560 g/mol. The molecule has 5 aromatic rings. The van der Waals surface area contributed by atoms with Crippen LogP contribution in [-0.2, 0) is 24.3 Å². The van der Waals surface area contributed by atoms with Gasteiger partial charge in [-0.2, -0.15) is 0 Å². The molecule has 0 aliphatic rings. The SMILES string of the molecule is Cc1ccccc1CC(N)(N)CC[C@H](C(=O)N[C@@H](C)c1cccc2ccccc12)C(=O)c1ccc(CNCc2ncc[nH]2)cc1. The van der Waals surface area contributed by atoms with Crippen LogP contribution < -0.4 is 22.1 Å². The number of nitrogens with one attached hydrogen (secondary N) is 3. The van der Waals surface area contributed by atoms with Crippen molar-refractivity contribution in [1.82, 2.24) is 20.6 Å². The average Bonchev–Trinajstić information content (AvgIpc) is 3.56. The number of hydrogen-bond acceptors (Lipinski definition) is 6. The van der Waals surface area contributed by atoms with Crippen LogP contribution in [0.1, 0.15) is 64.2 Å². The van der Waals surface area contributed by atoms with E-state index in [4.69, 9.17) is 11.5 Å². The van der Waals surface area contributed by atoms with Crippen molar-refractivity contribution in [3.05, 3.63) is 137 Å². The van der Waals surface area contributed by atoms with E-state index in [1.54, 1.807) is 24.5 Å². The number of nitrogens with two attached hydrogens (primary N) is 2. The summed E-state index contributed by atoms with van der Waals surface area (Å²) in [4.78, 5) is 35.1. The Kier molecular flexibility index (Phi) is 10.2. The highest BCUT2D eigenvalue weighted by Gasteiger charge is 2.32. The smallest absolute Gasteiger partial charge is 0.231 e. The van der Waals surface area contributed by atoms with E-state index in [2.05, 4.69) is 20.6 Å². The number of benzene rings is 4. The Morgan fingerprint density at radius 1 is 0.911 bits per heavy atom. The third kappa shape index (κ3) is 8.30. The maximum Gasteiger partial charge on any atom is 0.231 e. The molecule has 0 fully saturated rings. The van der Waals surface area contributed by atoms with Crippen LogP contribution in [0.25, 0.3) is 10.8 Å². The Hall–Kier alpha value is -4.63. The van der Waals surface area contributed by atoms with Gasteiger partial charge >= 0.3 is 0 Å². The number of aromatic amines is 1. The van der Waals surface area contributed by atoms with Gasteiger partial charge in [-0.05, 0) is 59.7 Å². The highest BCUT2D eigenvalue weighted by atomic mass is 16.2. The fraction of sp³-hybridized carbons (Fsp3) is 0.270. The van der Waals surface area contributed by atoms with Crippen LogP contribution in [0.15, 0.2) is 103 Å². The Bertz CT molecular complexity index is 1720. The average molecular weight is 603 g/mol. The summed E-state index contributed by atoms with van der Waals surface area (Å²) in [6.45, 7) is 5.19. The standard InChI is InChI=1S/C37H42N6O2/c1-25-8-3-4-10-30(25)22-37(38,39)19-18-33(36(45)43-26(2)31-13-7-11-28-9-5-6-12-32(28)31)35(44)29-16-14-27(15-17-29)23-40-24-34-41-20-21-42-34/h3-17,20-21,26,33,40H,18-19,22-24,38-39H2,1-2H3,(H,41,42)(H,43,45)/t26-,33-/m0/s1. The number of hydrogen-bond donors (Lipinski definition) is 5. The summed E-state index contributed by atoms with van der Waals surface area (Å²) in [6.07, 6.45) is 4.46. The number of fused-ring (bicyclic) bond motifs is 1. The van der Waals surface area contributed by atoms with Gasteiger partial charge in [0.05, 0.1) is 18.2 Å². The summed E-state index contributed by atoms with van der Waals surface area (Å²) in [5.74, 6) is -0.684. The number of aromatic nitrogens is 2. The quantitative estimate of drug-likeness (QED) is 0.0649. The molecule has 1 heterocycles. The number of carbonyl (C=O) groups excluding carboxylic acids is 2. The maximum atomic E-state index is 14.0. The van der Waals surface area contributed by atoms with Crippen LogP contribution in [0.2, 0.25) is 0 Å². The highest BCUT2D eigenvalue weighted by Crippen LogP contribution is 2.26. The molecule has 0 spiro atoms. The molecule has 0 unspecified atom stereocenters. The molecule has 4 aromatic carbocycles. The second kappa shape index (κ2) is 14.4. The molecule has 0 saturated heterocycles. The monoisotopic (exact) mass is 602 g/mol. The van der Waals surface area contributed by atoms with Crippen molar-refractivity contribution in [3.63, 3.8) is 0 Å². The van der Waals surface area contributed by atoms with Gasteiger partial charge in [0.2, 0.25) is 5.91 Å². The molecule has 2 atom stereocenters. The highest BCUT2D eigenvalue weighted by molar-refractivity contribution is 6.10. The fourth-order valence-corrected chi connectivity index (χ4v) is 5.77. The zero-order valence-electron chi connectivity index (χ0n) is 25.9. The number of nitrogens with zero attached hydrogens (tertiary/aromatic N) is 1. The van der Waals surface area contributed by atoms with E-state index in [9.17, 15) is 9.59 Å². The lowest BCUT2D eigenvalue weighted by Gasteiger charge is -2.28. The molecule has 8 nitrogen and oxygen atoms in total. The van der Waals surface area contributed by atoms with Crippen molar-refractivity contribution >= 4 is 22.5 Å². The van der Waals surface area contributed by atoms with Crippen LogP contribution in [0, 0.1) is 12.8 Å². The minimum atomic E-state index is -1.09. The van der Waals surface area contributed by atoms with E-state index >= 15 is 0 Å². The zero-order valence-corrected chi connectivity index (χ0v) is 25.9. The summed E-state index contributed by atoms with van der Waals surface area (Å²) < 4.78 is 0. The molecule has 5 rings (SSSR count). The van der Waals surface area contributed by atoms with Crippen molar-refractivity contribution in [2.75, 3.05) is 0 Å². The van der Waals surface area contributed by atoms with Crippen LogP contribution >= 0.6 is 0 Å². The second-order valence-electron chi connectivity index (χ2n) is 11.9. The molecule has 0 saturated carbocycles. The summed E-state index contributed by atoms with van der Waals surface area (Å²) >= 11 is 0. The normalized spacial score (nSPS) is 13.0. The van der Waals surface area contributed by atoms with E-state index in [0.717, 1.165) is 38.9 Å². The van der Waals surface area contributed by atoms with Crippen LogP contribution in [0.3, 0.4) is 0 Å². The minimum absolute atomic E-state index is 0.220. The van der Waals surface area contributed by atoms with Gasteiger partial charge in [-0.1, -0.05) is 91.0 Å². The summed E-state index contributed by atoms with van der Waals surface area (Å²) in [6, 6.07) is 29.2. The lowest BCUT2D eigenvalue weighted by atomic mass is 9.86. The number of rotatable bonds is 14. The number of imidazole rings is 1. The number of aryl methyl sites for hydroxylation is 1. The third-order valence-electron chi connectivity index (χ3n) is 8.38. The first-order chi connectivity index (χ1) is 21.7. The van der Waals surface area contributed by atoms with Crippen molar-refractivity contribution in [3.8, 4) is 0 Å². The summed E-state index contributed by atoms with van der Waals surface area (Å²) in [7, 11) is 0. The van der Waals surface area contributed by atoms with Crippen LogP contribution in [0.4, 0.5) is 0 Å². The number of carbonyl (C=O) groups is 2. The molecular formula is C37H42N6O2. The molecule has 45 heavy (non-hydrogen) atoms. The molecule has 0 bridgehead atoms. The van der Waals surface area contributed by atoms with Gasteiger partial charge in [-0.3, -0.25) is 9.59 Å². The van der Waals surface area contributed by atoms with E-state index in [1.165, 1.54) is 0 Å². The van der Waals surface area contributed by atoms with E-state index < -0.39 is 11.6 Å². The van der Waals surface area contributed by atoms with Crippen LogP contribution in [-0.4, -0.2) is 27.3 Å². The number of H-pyrrole nitrogens is 1. The predicted molar refractivity (Wildman–Crippen MR) is 179 cm³/mol. The summed E-state index contributed by atoms with van der Waals surface area (Å²) in [5.41, 5.74) is 16.7. The zero-order chi connectivity index (χ0) is 31.8. The van der Waals surface area contributed by atoms with Gasteiger partial charge in [-0.15, -0.1) is 0 Å². The molecule has 0 aliphatic heterocycles. The van der Waals surface area contributed by atoms with E-state index in [1.807, 2.05) is 92.7 Å². The van der Waals surface area contributed by atoms with E-state index in [0.29, 0.717) is 31.5 Å². The third-order valence-corrected chi connectivity index (χ3v) is 8.38.